The second kappa shape index (κ2) is 7.93. The first-order valence-electron chi connectivity index (χ1n) is 6.90. The molecule has 0 aliphatic carbocycles. The van der Waals surface area contributed by atoms with Crippen LogP contribution in [0.3, 0.4) is 0 Å². The molecule has 5 heteroatoms. The van der Waals surface area contributed by atoms with Crippen LogP contribution >= 0.6 is 0 Å². The van der Waals surface area contributed by atoms with Crippen molar-refractivity contribution in [1.29, 1.82) is 0 Å². The normalized spacial score (nSPS) is 12.1. The summed E-state index contributed by atoms with van der Waals surface area (Å²) >= 11 is 0. The molecule has 0 spiro atoms. The fraction of sp³-hybridized carbons (Fsp3) is 0.176. The molecule has 4 nitrogen and oxygen atoms in total. The summed E-state index contributed by atoms with van der Waals surface area (Å²) < 4.78 is 12.9. The molecule has 0 heterocycles. The molecule has 0 bridgehead atoms. The third-order valence-electron chi connectivity index (χ3n) is 3.00. The number of halogens is 1. The van der Waals surface area contributed by atoms with Crippen molar-refractivity contribution in [3.63, 3.8) is 0 Å². The molecule has 0 saturated heterocycles. The number of rotatable bonds is 6. The van der Waals surface area contributed by atoms with Crippen molar-refractivity contribution in [2.75, 3.05) is 6.61 Å². The lowest BCUT2D eigenvalue weighted by Gasteiger charge is -2.13. The lowest BCUT2D eigenvalue weighted by Crippen LogP contribution is -2.29. The molecule has 2 aromatic carbocycles. The zero-order valence-electron chi connectivity index (χ0n) is 12.2. The number of carbonyl (C=O) groups excluding carboxylic acids is 1. The molecule has 2 aromatic rings. The van der Waals surface area contributed by atoms with Crippen LogP contribution < -0.4 is 5.32 Å². The number of amides is 1. The third-order valence-corrected chi connectivity index (χ3v) is 3.00. The largest absolute Gasteiger partial charge is 0.386 e. The van der Waals surface area contributed by atoms with Crippen molar-refractivity contribution in [1.82, 2.24) is 5.32 Å². The predicted molar refractivity (Wildman–Crippen MR) is 82.9 cm³/mol. The molecule has 1 amide bonds. The molecule has 0 saturated carbocycles. The Morgan fingerprint density at radius 3 is 2.77 bits per heavy atom. The van der Waals surface area contributed by atoms with E-state index >= 15 is 0 Å². The van der Waals surface area contributed by atoms with Gasteiger partial charge >= 0.3 is 0 Å². The highest BCUT2D eigenvalue weighted by molar-refractivity contribution is 5.79. The summed E-state index contributed by atoms with van der Waals surface area (Å²) in [5.74, 6) is -0.619. The smallest absolute Gasteiger partial charge is 0.261 e. The van der Waals surface area contributed by atoms with E-state index in [4.69, 9.17) is 4.84 Å². The van der Waals surface area contributed by atoms with Crippen LogP contribution in [-0.4, -0.2) is 18.7 Å². The standard InChI is InChI=1S/C17H17FN2O2/c1-13(15-7-3-2-4-8-15)20-17(21)12-22-19-11-14-6-5-9-16(18)10-14/h2-11,13H,12H2,1H3,(H,20,21)/b19-11-/t13-/m0/s1. The van der Waals surface area contributed by atoms with E-state index in [2.05, 4.69) is 10.5 Å². The second-order valence-corrected chi connectivity index (χ2v) is 4.76. The van der Waals surface area contributed by atoms with Crippen LogP contribution in [0.15, 0.2) is 59.8 Å². The first-order valence-corrected chi connectivity index (χ1v) is 6.90. The van der Waals surface area contributed by atoms with Crippen molar-refractivity contribution in [3.05, 3.63) is 71.5 Å². The Balaban J connectivity index is 1.76. The van der Waals surface area contributed by atoms with Crippen molar-refractivity contribution in [2.24, 2.45) is 5.16 Å². The number of nitrogens with zero attached hydrogens (tertiary/aromatic N) is 1. The summed E-state index contributed by atoms with van der Waals surface area (Å²) in [4.78, 5) is 16.6. The lowest BCUT2D eigenvalue weighted by atomic mass is 10.1. The van der Waals surface area contributed by atoms with Crippen molar-refractivity contribution < 1.29 is 14.0 Å². The summed E-state index contributed by atoms with van der Waals surface area (Å²) in [6.07, 6.45) is 1.36. The first kappa shape index (κ1) is 15.7. The molecule has 22 heavy (non-hydrogen) atoms. The van der Waals surface area contributed by atoms with Crippen LogP contribution in [0.2, 0.25) is 0 Å². The second-order valence-electron chi connectivity index (χ2n) is 4.76. The maximum Gasteiger partial charge on any atom is 0.261 e. The molecule has 0 aliphatic rings. The van der Waals surface area contributed by atoms with Gasteiger partial charge < -0.3 is 10.2 Å². The summed E-state index contributed by atoms with van der Waals surface area (Å²) in [5.41, 5.74) is 1.58. The van der Waals surface area contributed by atoms with E-state index in [1.165, 1.54) is 18.3 Å². The monoisotopic (exact) mass is 300 g/mol. The van der Waals surface area contributed by atoms with Gasteiger partial charge in [0.2, 0.25) is 0 Å². The van der Waals surface area contributed by atoms with Crippen LogP contribution in [0.25, 0.3) is 0 Å². The van der Waals surface area contributed by atoms with Gasteiger partial charge in [-0.1, -0.05) is 47.6 Å². The van der Waals surface area contributed by atoms with Crippen LogP contribution in [0.4, 0.5) is 4.39 Å². The SMILES string of the molecule is C[C@H](NC(=O)CO/N=C\c1cccc(F)c1)c1ccccc1. The van der Waals surface area contributed by atoms with Gasteiger partial charge in [-0.15, -0.1) is 0 Å². The van der Waals surface area contributed by atoms with E-state index in [0.29, 0.717) is 5.56 Å². The van der Waals surface area contributed by atoms with Gasteiger partial charge in [-0.05, 0) is 30.2 Å². The Hall–Kier alpha value is -2.69. The summed E-state index contributed by atoms with van der Waals surface area (Å²) in [7, 11) is 0. The molecular formula is C17H17FN2O2. The molecule has 1 N–H and O–H groups in total. The molecule has 114 valence electrons. The Bertz CT molecular complexity index is 644. The molecule has 1 atom stereocenters. The average molecular weight is 300 g/mol. The highest BCUT2D eigenvalue weighted by atomic mass is 19.1. The average Bonchev–Trinajstić information content (AvgIpc) is 2.52. The van der Waals surface area contributed by atoms with Gasteiger partial charge in [0.15, 0.2) is 6.61 Å². The molecular weight excluding hydrogens is 283 g/mol. The molecule has 2 rings (SSSR count). The highest BCUT2D eigenvalue weighted by Gasteiger charge is 2.09. The van der Waals surface area contributed by atoms with E-state index in [-0.39, 0.29) is 24.4 Å². The van der Waals surface area contributed by atoms with Gasteiger partial charge in [0.05, 0.1) is 12.3 Å². The fourth-order valence-corrected chi connectivity index (χ4v) is 1.89. The minimum Gasteiger partial charge on any atom is -0.386 e. The Morgan fingerprint density at radius 2 is 2.05 bits per heavy atom. The zero-order valence-corrected chi connectivity index (χ0v) is 12.2. The van der Waals surface area contributed by atoms with Crippen LogP contribution in [0.1, 0.15) is 24.1 Å². The quantitative estimate of drug-likeness (QED) is 0.658. The molecule has 0 aliphatic heterocycles. The van der Waals surface area contributed by atoms with Crippen LogP contribution in [0.5, 0.6) is 0 Å². The number of hydrogen-bond acceptors (Lipinski definition) is 3. The van der Waals surface area contributed by atoms with E-state index in [9.17, 15) is 9.18 Å². The van der Waals surface area contributed by atoms with Gasteiger partial charge in [0.1, 0.15) is 5.82 Å². The van der Waals surface area contributed by atoms with E-state index in [1.807, 2.05) is 37.3 Å². The number of hydrogen-bond donors (Lipinski definition) is 1. The maximum atomic E-state index is 12.9. The first-order chi connectivity index (χ1) is 10.6. The van der Waals surface area contributed by atoms with E-state index in [0.717, 1.165) is 5.56 Å². The Labute approximate surface area is 128 Å². The van der Waals surface area contributed by atoms with Crippen molar-refractivity contribution >= 4 is 12.1 Å². The molecule has 0 aromatic heterocycles. The van der Waals surface area contributed by atoms with E-state index in [1.54, 1.807) is 12.1 Å². The Morgan fingerprint density at radius 1 is 1.27 bits per heavy atom. The fourth-order valence-electron chi connectivity index (χ4n) is 1.89. The van der Waals surface area contributed by atoms with Gasteiger partial charge in [-0.3, -0.25) is 4.79 Å². The summed E-state index contributed by atoms with van der Waals surface area (Å²) in [5, 5.41) is 6.46. The third kappa shape index (κ3) is 5.01. The van der Waals surface area contributed by atoms with Gasteiger partial charge in [-0.25, -0.2) is 4.39 Å². The predicted octanol–water partition coefficient (Wildman–Crippen LogP) is 3.05. The Kier molecular flexibility index (Phi) is 5.65. The minimum atomic E-state index is -0.349. The van der Waals surface area contributed by atoms with Crippen molar-refractivity contribution in [2.45, 2.75) is 13.0 Å². The summed E-state index contributed by atoms with van der Waals surface area (Å²) in [6, 6.07) is 15.4. The zero-order chi connectivity index (χ0) is 15.8. The van der Waals surface area contributed by atoms with Gasteiger partial charge in [-0.2, -0.15) is 0 Å². The van der Waals surface area contributed by atoms with E-state index < -0.39 is 0 Å². The minimum absolute atomic E-state index is 0.107. The molecule has 0 unspecified atom stereocenters. The highest BCUT2D eigenvalue weighted by Crippen LogP contribution is 2.10. The lowest BCUT2D eigenvalue weighted by molar-refractivity contribution is -0.126. The summed E-state index contributed by atoms with van der Waals surface area (Å²) in [6.45, 7) is 1.70. The topological polar surface area (TPSA) is 50.7 Å². The molecule has 0 fully saturated rings. The number of oxime groups is 1. The van der Waals surface area contributed by atoms with Crippen molar-refractivity contribution in [3.8, 4) is 0 Å². The number of benzene rings is 2. The van der Waals surface area contributed by atoms with Gasteiger partial charge in [0, 0.05) is 0 Å². The number of nitrogens with one attached hydrogen (secondary N) is 1. The van der Waals surface area contributed by atoms with Crippen LogP contribution in [-0.2, 0) is 9.63 Å². The van der Waals surface area contributed by atoms with Gasteiger partial charge in [0.25, 0.3) is 5.91 Å². The van der Waals surface area contributed by atoms with Crippen LogP contribution in [0, 0.1) is 5.82 Å². The maximum absolute atomic E-state index is 12.9. The molecule has 0 radical (unpaired) electrons. The number of carbonyl (C=O) groups is 1.